The molecule has 8 aliphatic rings. The van der Waals surface area contributed by atoms with Crippen LogP contribution in [0, 0.1) is 28.6 Å². The molecule has 4 heterocycles. The fourth-order valence-corrected chi connectivity index (χ4v) is 12.8. The Hall–Kier alpha value is -1.76. The van der Waals surface area contributed by atoms with Gasteiger partial charge in [-0.3, -0.25) is 0 Å². The summed E-state index contributed by atoms with van der Waals surface area (Å²) in [6.07, 6.45) is -14.4. The molecule has 0 amide bonds. The van der Waals surface area contributed by atoms with Gasteiger partial charge in [0.05, 0.1) is 48.1 Å². The van der Waals surface area contributed by atoms with Crippen LogP contribution in [0.2, 0.25) is 0 Å². The number of esters is 1. The van der Waals surface area contributed by atoms with Gasteiger partial charge in [-0.05, 0) is 81.6 Å². The number of carbonyl (C=O) groups excluding carboxylic acids is 2. The molecule has 0 spiro atoms. The summed E-state index contributed by atoms with van der Waals surface area (Å²) in [6, 6.07) is 0. The first-order valence-electron chi connectivity index (χ1n) is 21.5. The summed E-state index contributed by atoms with van der Waals surface area (Å²) in [5.74, 6) is -0.820. The van der Waals surface area contributed by atoms with Gasteiger partial charge in [0, 0.05) is 24.3 Å². The smallest absolute Gasteiger partial charge is 0.331 e. The number of hydrogen-bond donors (Lipinski definition) is 10. The van der Waals surface area contributed by atoms with Gasteiger partial charge in [-0.1, -0.05) is 6.92 Å². The van der Waals surface area contributed by atoms with Gasteiger partial charge >= 0.3 is 5.97 Å². The third-order valence-corrected chi connectivity index (χ3v) is 16.1. The zero-order valence-corrected chi connectivity index (χ0v) is 33.9. The van der Waals surface area contributed by atoms with Crippen molar-refractivity contribution >= 4 is 12.3 Å². The molecule has 7 fully saturated rings. The summed E-state index contributed by atoms with van der Waals surface area (Å²) in [5, 5.41) is 109. The van der Waals surface area contributed by atoms with Gasteiger partial charge in [-0.15, -0.1) is 0 Å². The Kier molecular flexibility index (Phi) is 12.4. The van der Waals surface area contributed by atoms with Gasteiger partial charge in [0.15, 0.2) is 18.9 Å². The molecule has 0 aromatic carbocycles. The first-order valence-corrected chi connectivity index (χ1v) is 21.5. The largest absolute Gasteiger partial charge is 0.458 e. The lowest BCUT2D eigenvalue weighted by Crippen LogP contribution is -2.69. The molecule has 22 atom stereocenters. The molecule has 0 aromatic rings. The summed E-state index contributed by atoms with van der Waals surface area (Å²) in [4.78, 5) is 25.2. The van der Waals surface area contributed by atoms with Crippen LogP contribution in [0.1, 0.15) is 78.1 Å². The number of fused-ring (bicyclic) bond motifs is 5. The first-order chi connectivity index (χ1) is 28.4. The van der Waals surface area contributed by atoms with Crippen LogP contribution in [0.3, 0.4) is 0 Å². The molecule has 19 heteroatoms. The van der Waals surface area contributed by atoms with E-state index >= 15 is 0 Å². The van der Waals surface area contributed by atoms with Gasteiger partial charge < -0.3 is 89.0 Å². The number of rotatable bonds is 10. The highest BCUT2D eigenvalue weighted by molar-refractivity contribution is 5.85. The third-order valence-electron chi connectivity index (χ3n) is 16.1. The minimum absolute atomic E-state index is 0.00494. The number of aliphatic hydroxyl groups excluding tert-OH is 8. The molecule has 8 rings (SSSR count). The summed E-state index contributed by atoms with van der Waals surface area (Å²) < 4.78 is 40.4. The van der Waals surface area contributed by atoms with E-state index in [0.717, 1.165) is 11.9 Å². The maximum absolute atomic E-state index is 13.3. The molecule has 0 radical (unpaired) electrons. The number of aliphatic hydroxyl groups is 10. The van der Waals surface area contributed by atoms with E-state index in [4.69, 9.17) is 33.2 Å². The summed E-state index contributed by atoms with van der Waals surface area (Å²) in [5.41, 5.74) is -3.15. The Labute approximate surface area is 347 Å². The predicted molar refractivity (Wildman–Crippen MR) is 199 cm³/mol. The molecular weight excluding hydrogens is 796 g/mol. The van der Waals surface area contributed by atoms with E-state index < -0.39 is 127 Å². The highest BCUT2D eigenvalue weighted by atomic mass is 16.8. The van der Waals surface area contributed by atoms with Gasteiger partial charge in [-0.2, -0.15) is 0 Å². The number of cyclic esters (lactones) is 1. The number of ether oxygens (including phenoxy) is 7. The Balaban J connectivity index is 0.876. The van der Waals surface area contributed by atoms with E-state index in [1.807, 2.05) is 0 Å². The van der Waals surface area contributed by atoms with E-state index in [0.29, 0.717) is 51.4 Å². The molecule has 340 valence electrons. The third kappa shape index (κ3) is 7.12. The molecule has 4 aliphatic heterocycles. The molecule has 4 aliphatic carbocycles. The summed E-state index contributed by atoms with van der Waals surface area (Å²) >= 11 is 0. The first kappa shape index (κ1) is 44.8. The number of aldehydes is 1. The van der Waals surface area contributed by atoms with E-state index in [9.17, 15) is 60.7 Å². The lowest BCUT2D eigenvalue weighted by atomic mass is 9.41. The van der Waals surface area contributed by atoms with Crippen LogP contribution >= 0.6 is 0 Å². The second-order valence-corrected chi connectivity index (χ2v) is 18.9. The maximum atomic E-state index is 13.3. The van der Waals surface area contributed by atoms with Crippen molar-refractivity contribution in [1.29, 1.82) is 0 Å². The average molecular weight is 859 g/mol. The van der Waals surface area contributed by atoms with E-state index in [1.165, 1.54) is 0 Å². The second-order valence-electron chi connectivity index (χ2n) is 18.9. The van der Waals surface area contributed by atoms with Gasteiger partial charge in [0.25, 0.3) is 0 Å². The van der Waals surface area contributed by atoms with Crippen molar-refractivity contribution < 1.29 is 93.8 Å². The highest BCUT2D eigenvalue weighted by Gasteiger charge is 2.71. The van der Waals surface area contributed by atoms with Crippen LogP contribution in [-0.4, -0.2) is 186 Å². The molecule has 0 unspecified atom stereocenters. The maximum Gasteiger partial charge on any atom is 0.331 e. The van der Waals surface area contributed by atoms with Crippen molar-refractivity contribution in [1.82, 2.24) is 0 Å². The van der Waals surface area contributed by atoms with E-state index in [2.05, 4.69) is 6.92 Å². The van der Waals surface area contributed by atoms with E-state index in [-0.39, 0.29) is 43.2 Å². The lowest BCUT2D eigenvalue weighted by Gasteiger charge is -2.65. The monoisotopic (exact) mass is 858 g/mol. The van der Waals surface area contributed by atoms with Crippen molar-refractivity contribution in [3.05, 3.63) is 11.6 Å². The van der Waals surface area contributed by atoms with Crippen molar-refractivity contribution in [2.45, 2.75) is 181 Å². The molecule has 19 nitrogen and oxygen atoms in total. The molecular formula is C41H62O19. The Morgan fingerprint density at radius 3 is 2.08 bits per heavy atom. The zero-order valence-electron chi connectivity index (χ0n) is 33.9. The van der Waals surface area contributed by atoms with Crippen molar-refractivity contribution in [3.8, 4) is 0 Å². The minimum atomic E-state index is -1.82. The summed E-state index contributed by atoms with van der Waals surface area (Å²) in [6.45, 7) is 2.45. The van der Waals surface area contributed by atoms with Crippen LogP contribution in [-0.2, 0) is 42.7 Å². The quantitative estimate of drug-likeness (QED) is 0.0613. The zero-order chi connectivity index (χ0) is 43.1. The minimum Gasteiger partial charge on any atom is -0.458 e. The van der Waals surface area contributed by atoms with Gasteiger partial charge in [0.2, 0.25) is 0 Å². The SMILES string of the molecule is C[C@H]1O[C@@H](O[C@H]2CC[C@]3(C=O)[C@H]4CC[C@]5(C)[C@@H](C6=CC(=O)OC6)CC[C@]5(O)[C@@H]4CC[C@]3(O)C2)C[C@H](O)[C@@H]1O[C@@H]1O[C@H](CO)[C@@H](O[C@@H]2O[C@H](CO)[C@@H](O)[C@H](O)[C@H]2O)[C@H](O)[C@H]1O. The normalized spacial score (nSPS) is 54.3. The van der Waals surface area contributed by atoms with Gasteiger partial charge in [0.1, 0.15) is 67.8 Å². The van der Waals surface area contributed by atoms with Crippen LogP contribution < -0.4 is 0 Å². The highest BCUT2D eigenvalue weighted by Crippen LogP contribution is 2.70. The van der Waals surface area contributed by atoms with Crippen LogP contribution in [0.4, 0.5) is 0 Å². The van der Waals surface area contributed by atoms with Crippen LogP contribution in [0.5, 0.6) is 0 Å². The fourth-order valence-electron chi connectivity index (χ4n) is 12.8. The van der Waals surface area contributed by atoms with Crippen molar-refractivity contribution in [2.75, 3.05) is 19.8 Å². The Morgan fingerprint density at radius 2 is 1.43 bits per heavy atom. The topological polar surface area (TPSA) is 301 Å². The number of hydrogen-bond acceptors (Lipinski definition) is 19. The molecule has 10 N–H and O–H groups in total. The number of carbonyl (C=O) groups is 2. The Morgan fingerprint density at radius 1 is 0.767 bits per heavy atom. The second kappa shape index (κ2) is 16.7. The average Bonchev–Trinajstić information content (AvgIpc) is 3.77. The predicted octanol–water partition coefficient (Wildman–Crippen LogP) is -2.57. The lowest BCUT2D eigenvalue weighted by molar-refractivity contribution is -0.373. The summed E-state index contributed by atoms with van der Waals surface area (Å²) in [7, 11) is 0. The van der Waals surface area contributed by atoms with Crippen molar-refractivity contribution in [2.24, 2.45) is 28.6 Å². The van der Waals surface area contributed by atoms with E-state index in [1.54, 1.807) is 13.0 Å². The van der Waals surface area contributed by atoms with Crippen LogP contribution in [0.15, 0.2) is 11.6 Å². The molecule has 60 heavy (non-hydrogen) atoms. The standard InChI is InChI=1S/C41H62O19/c1-18-34(59-37-33(51)31(49)35(26(15-43)58-37)60-36-32(50)30(48)29(47)25(14-42)57-36)24(45)12-28(55-18)56-20-3-8-39(17-44)22-4-7-38(2)21(19-11-27(46)54-16-19)6-10-41(38,53)23(22)5-9-40(39,52)13-20/h11,17-18,20-26,28-37,42-43,45,47-53H,3-10,12-16H2,1-2H3/t18-,20+,21-,22+,23-,24+,25-,26-,28+,29-,30+,31-,32-,33-,34-,35-,36+,37+,38-,39+,40+,41+/m1/s1. The molecule has 0 bridgehead atoms. The Bertz CT molecular complexity index is 1600. The van der Waals surface area contributed by atoms with Crippen molar-refractivity contribution in [3.63, 3.8) is 0 Å². The molecule has 0 aromatic heterocycles. The van der Waals surface area contributed by atoms with Crippen LogP contribution in [0.25, 0.3) is 0 Å². The van der Waals surface area contributed by atoms with Gasteiger partial charge in [-0.25, -0.2) is 4.79 Å². The fraction of sp³-hybridized carbons (Fsp3) is 0.902. The molecule has 4 saturated carbocycles. The molecule has 3 saturated heterocycles.